The number of para-hydroxylation sites is 4. The molecule has 0 bridgehead atoms. The first-order chi connectivity index (χ1) is 23.7. The van der Waals surface area contributed by atoms with Crippen LogP contribution in [0.25, 0.3) is 77.2 Å². The normalized spacial score (nSPS) is 11.3. The Morgan fingerprint density at radius 2 is 0.896 bits per heavy atom. The van der Waals surface area contributed by atoms with E-state index in [0.717, 1.165) is 66.5 Å². The van der Waals surface area contributed by atoms with E-state index >= 15 is 0 Å². The maximum atomic E-state index is 9.98. The van der Waals surface area contributed by atoms with Crippen LogP contribution in [0.1, 0.15) is 11.1 Å². The number of aromatic nitrogens is 2. The Morgan fingerprint density at radius 3 is 1.56 bits per heavy atom. The summed E-state index contributed by atoms with van der Waals surface area (Å²) in [5.74, 6) is 0. The van der Waals surface area contributed by atoms with Gasteiger partial charge in [-0.1, -0.05) is 91.0 Å². The molecule has 0 saturated heterocycles. The predicted molar refractivity (Wildman–Crippen MR) is 195 cm³/mol. The standard InChI is InChI=1S/C44H26N4/c45-27-29-17-23-33(31-19-21-32(22-20-31)47-40-13-5-4-12-37(40)39-26-30(28-46)18-24-44(39)47)38(25-29)36-11-3-8-16-43(36)48-41-14-6-1-9-34(41)35-10-2-7-15-42(35)48/h1-26H. The van der Waals surface area contributed by atoms with Gasteiger partial charge < -0.3 is 9.13 Å². The Bertz CT molecular complexity index is 2750. The van der Waals surface area contributed by atoms with Crippen LogP contribution in [0.5, 0.6) is 0 Å². The van der Waals surface area contributed by atoms with Crippen LogP contribution in [0.4, 0.5) is 0 Å². The van der Waals surface area contributed by atoms with Gasteiger partial charge in [-0.05, 0) is 83.4 Å². The second-order valence-electron chi connectivity index (χ2n) is 12.0. The molecule has 4 nitrogen and oxygen atoms in total. The molecule has 0 N–H and O–H groups in total. The van der Waals surface area contributed by atoms with E-state index in [0.29, 0.717) is 11.1 Å². The minimum Gasteiger partial charge on any atom is -0.309 e. The fraction of sp³-hybridized carbons (Fsp3) is 0. The molecule has 0 aliphatic carbocycles. The molecule has 0 fully saturated rings. The average Bonchev–Trinajstić information content (AvgIpc) is 3.67. The lowest BCUT2D eigenvalue weighted by atomic mass is 9.91. The van der Waals surface area contributed by atoms with Gasteiger partial charge in [0.05, 0.1) is 51.0 Å². The third kappa shape index (κ3) is 4.14. The molecular weight excluding hydrogens is 585 g/mol. The molecule has 9 aromatic rings. The summed E-state index contributed by atoms with van der Waals surface area (Å²) in [6.07, 6.45) is 0. The number of nitriles is 2. The van der Waals surface area contributed by atoms with Crippen molar-refractivity contribution in [1.29, 1.82) is 10.5 Å². The quantitative estimate of drug-likeness (QED) is 0.199. The van der Waals surface area contributed by atoms with Crippen molar-refractivity contribution >= 4 is 43.6 Å². The van der Waals surface area contributed by atoms with Crippen molar-refractivity contribution in [1.82, 2.24) is 9.13 Å². The van der Waals surface area contributed by atoms with Gasteiger partial charge in [0.1, 0.15) is 0 Å². The molecule has 0 aliphatic rings. The van der Waals surface area contributed by atoms with Crippen molar-refractivity contribution in [2.45, 2.75) is 0 Å². The van der Waals surface area contributed by atoms with Gasteiger partial charge in [0.15, 0.2) is 0 Å². The van der Waals surface area contributed by atoms with Crippen LogP contribution in [0.2, 0.25) is 0 Å². The minimum absolute atomic E-state index is 0.615. The lowest BCUT2D eigenvalue weighted by Crippen LogP contribution is -1.98. The van der Waals surface area contributed by atoms with E-state index in [1.807, 2.05) is 36.4 Å². The first-order valence-electron chi connectivity index (χ1n) is 15.9. The second kappa shape index (κ2) is 10.9. The highest BCUT2D eigenvalue weighted by Gasteiger charge is 2.18. The molecule has 4 heteroatoms. The van der Waals surface area contributed by atoms with Crippen molar-refractivity contribution in [3.05, 3.63) is 169 Å². The van der Waals surface area contributed by atoms with Crippen molar-refractivity contribution in [2.24, 2.45) is 0 Å². The predicted octanol–water partition coefficient (Wildman–Crippen LogP) is 11.0. The average molecular weight is 611 g/mol. The number of hydrogen-bond donors (Lipinski definition) is 0. The van der Waals surface area contributed by atoms with E-state index in [-0.39, 0.29) is 0 Å². The topological polar surface area (TPSA) is 57.4 Å². The van der Waals surface area contributed by atoms with Gasteiger partial charge >= 0.3 is 0 Å². The van der Waals surface area contributed by atoms with Gasteiger partial charge in [-0.2, -0.15) is 10.5 Å². The lowest BCUT2D eigenvalue weighted by molar-refractivity contribution is 1.18. The molecule has 0 amide bonds. The van der Waals surface area contributed by atoms with Crippen LogP contribution in [-0.2, 0) is 0 Å². The molecule has 7 aromatic carbocycles. The molecular formula is C44H26N4. The zero-order chi connectivity index (χ0) is 32.2. The molecule has 0 aliphatic heterocycles. The van der Waals surface area contributed by atoms with Crippen LogP contribution in [0, 0.1) is 22.7 Å². The maximum absolute atomic E-state index is 9.98. The SMILES string of the molecule is N#Cc1ccc(-c2ccc(-n3c4ccccc4c4cc(C#N)ccc43)cc2)c(-c2ccccc2-n2c3ccccc3c3ccccc32)c1. The largest absolute Gasteiger partial charge is 0.309 e. The summed E-state index contributed by atoms with van der Waals surface area (Å²) in [5.41, 5.74) is 12.0. The zero-order valence-electron chi connectivity index (χ0n) is 25.8. The minimum atomic E-state index is 0.615. The third-order valence-electron chi connectivity index (χ3n) is 9.40. The smallest absolute Gasteiger partial charge is 0.0991 e. The zero-order valence-corrected chi connectivity index (χ0v) is 25.8. The van der Waals surface area contributed by atoms with Crippen LogP contribution in [-0.4, -0.2) is 9.13 Å². The molecule has 0 atom stereocenters. The maximum Gasteiger partial charge on any atom is 0.0991 e. The van der Waals surface area contributed by atoms with E-state index in [9.17, 15) is 10.5 Å². The molecule has 2 aromatic heterocycles. The number of rotatable bonds is 4. The van der Waals surface area contributed by atoms with Gasteiger partial charge in [-0.25, -0.2) is 0 Å². The first kappa shape index (κ1) is 27.4. The van der Waals surface area contributed by atoms with Crippen molar-refractivity contribution in [2.75, 3.05) is 0 Å². The van der Waals surface area contributed by atoms with E-state index in [1.165, 1.54) is 10.8 Å². The second-order valence-corrected chi connectivity index (χ2v) is 12.0. The monoisotopic (exact) mass is 610 g/mol. The van der Waals surface area contributed by atoms with Crippen molar-refractivity contribution in [3.63, 3.8) is 0 Å². The number of hydrogen-bond acceptors (Lipinski definition) is 2. The number of nitrogens with zero attached hydrogens (tertiary/aromatic N) is 4. The summed E-state index contributed by atoms with van der Waals surface area (Å²) in [4.78, 5) is 0. The summed E-state index contributed by atoms with van der Waals surface area (Å²) in [6, 6.07) is 59.0. The van der Waals surface area contributed by atoms with Crippen LogP contribution in [0.15, 0.2) is 158 Å². The van der Waals surface area contributed by atoms with E-state index < -0.39 is 0 Å². The molecule has 9 rings (SSSR count). The summed E-state index contributed by atoms with van der Waals surface area (Å²) < 4.78 is 4.60. The van der Waals surface area contributed by atoms with Gasteiger partial charge in [-0.3, -0.25) is 0 Å². The van der Waals surface area contributed by atoms with Crippen LogP contribution >= 0.6 is 0 Å². The third-order valence-corrected chi connectivity index (χ3v) is 9.40. The number of benzene rings is 7. The van der Waals surface area contributed by atoms with Gasteiger partial charge in [-0.15, -0.1) is 0 Å². The Labute approximate surface area is 277 Å². The Balaban J connectivity index is 1.23. The lowest BCUT2D eigenvalue weighted by Gasteiger charge is -2.17. The molecule has 48 heavy (non-hydrogen) atoms. The van der Waals surface area contributed by atoms with Gasteiger partial charge in [0, 0.05) is 32.8 Å². The Hall–Kier alpha value is -6.88. The van der Waals surface area contributed by atoms with Gasteiger partial charge in [0.25, 0.3) is 0 Å². The fourth-order valence-electron chi connectivity index (χ4n) is 7.28. The van der Waals surface area contributed by atoms with Crippen molar-refractivity contribution < 1.29 is 0 Å². The molecule has 2 heterocycles. The molecule has 0 spiro atoms. The van der Waals surface area contributed by atoms with Crippen LogP contribution < -0.4 is 0 Å². The van der Waals surface area contributed by atoms with Crippen LogP contribution in [0.3, 0.4) is 0 Å². The van der Waals surface area contributed by atoms with Crippen molar-refractivity contribution in [3.8, 4) is 45.8 Å². The molecule has 0 radical (unpaired) electrons. The Kier molecular flexibility index (Phi) is 6.22. The highest BCUT2D eigenvalue weighted by molar-refractivity contribution is 6.11. The molecule has 222 valence electrons. The summed E-state index contributed by atoms with van der Waals surface area (Å²) in [6.45, 7) is 0. The molecule has 0 saturated carbocycles. The highest BCUT2D eigenvalue weighted by atomic mass is 15.0. The summed E-state index contributed by atoms with van der Waals surface area (Å²) >= 11 is 0. The molecule has 0 unspecified atom stereocenters. The van der Waals surface area contributed by atoms with E-state index in [4.69, 9.17) is 0 Å². The Morgan fingerprint density at radius 1 is 0.375 bits per heavy atom. The summed E-state index contributed by atoms with van der Waals surface area (Å²) in [5, 5.41) is 24.1. The van der Waals surface area contributed by atoms with E-state index in [2.05, 4.69) is 143 Å². The van der Waals surface area contributed by atoms with E-state index in [1.54, 1.807) is 0 Å². The fourth-order valence-corrected chi connectivity index (χ4v) is 7.28. The number of fused-ring (bicyclic) bond motifs is 6. The first-order valence-corrected chi connectivity index (χ1v) is 15.9. The summed E-state index contributed by atoms with van der Waals surface area (Å²) in [7, 11) is 0. The van der Waals surface area contributed by atoms with Gasteiger partial charge in [0.2, 0.25) is 0 Å². The highest BCUT2D eigenvalue weighted by Crippen LogP contribution is 2.40.